The van der Waals surface area contributed by atoms with Crippen LogP contribution in [0.1, 0.15) is 43.2 Å². The van der Waals surface area contributed by atoms with Crippen molar-refractivity contribution >= 4 is 32.4 Å². The average Bonchev–Trinajstić information content (AvgIpc) is 3.31. The van der Waals surface area contributed by atoms with E-state index in [0.717, 1.165) is 21.4 Å². The molecule has 0 saturated carbocycles. The fourth-order valence-electron chi connectivity index (χ4n) is 2.95. The van der Waals surface area contributed by atoms with Crippen LogP contribution < -0.4 is 5.32 Å². The van der Waals surface area contributed by atoms with Gasteiger partial charge < -0.3 is 0 Å². The highest BCUT2D eigenvalue weighted by Gasteiger charge is 2.40. The zero-order valence-electron chi connectivity index (χ0n) is 15.6. The number of nitrogens with zero attached hydrogens (tertiary/aromatic N) is 3. The molecule has 158 valence electrons. The van der Waals surface area contributed by atoms with E-state index in [4.69, 9.17) is 0 Å². The van der Waals surface area contributed by atoms with Crippen molar-refractivity contribution in [3.63, 3.8) is 0 Å². The first-order chi connectivity index (χ1) is 13.5. The van der Waals surface area contributed by atoms with Gasteiger partial charge in [0.15, 0.2) is 0 Å². The van der Waals surface area contributed by atoms with Gasteiger partial charge in [-0.05, 0) is 37.1 Å². The van der Waals surface area contributed by atoms with E-state index >= 15 is 0 Å². The number of carbonyl (C=O) groups is 1. The van der Waals surface area contributed by atoms with Crippen LogP contribution in [0.15, 0.2) is 29.2 Å². The first-order valence-electron chi connectivity index (χ1n) is 8.83. The molecule has 1 aliphatic rings. The van der Waals surface area contributed by atoms with Crippen LogP contribution >= 0.6 is 11.3 Å². The number of carbonyl (C=O) groups excluding carboxylic acids is 1. The molecule has 7 nitrogen and oxygen atoms in total. The molecule has 0 aliphatic carbocycles. The van der Waals surface area contributed by atoms with E-state index in [2.05, 4.69) is 15.5 Å². The Hall–Kier alpha value is -2.05. The molecule has 0 radical (unpaired) electrons. The number of anilines is 1. The van der Waals surface area contributed by atoms with Crippen molar-refractivity contribution in [1.82, 2.24) is 14.5 Å². The molecule has 29 heavy (non-hydrogen) atoms. The Morgan fingerprint density at radius 1 is 1.24 bits per heavy atom. The Balaban J connectivity index is 1.78. The largest absolute Gasteiger partial charge is 0.416 e. The van der Waals surface area contributed by atoms with Crippen LogP contribution in [0.4, 0.5) is 18.3 Å². The zero-order chi connectivity index (χ0) is 21.4. The second-order valence-electron chi connectivity index (χ2n) is 6.89. The van der Waals surface area contributed by atoms with Crippen molar-refractivity contribution < 1.29 is 26.4 Å². The summed E-state index contributed by atoms with van der Waals surface area (Å²) in [6, 6.07) is 2.28. The number of benzene rings is 1. The van der Waals surface area contributed by atoms with Crippen molar-refractivity contribution in [2.75, 3.05) is 11.9 Å². The molecule has 3 rings (SSSR count). The fourth-order valence-corrected chi connectivity index (χ4v) is 5.35. The van der Waals surface area contributed by atoms with E-state index in [9.17, 15) is 26.4 Å². The van der Waals surface area contributed by atoms with Crippen LogP contribution in [0.2, 0.25) is 0 Å². The third-order valence-electron chi connectivity index (χ3n) is 4.46. The lowest BCUT2D eigenvalue weighted by atomic mass is 10.2. The number of amides is 1. The highest BCUT2D eigenvalue weighted by atomic mass is 32.2. The summed E-state index contributed by atoms with van der Waals surface area (Å²) in [6.07, 6.45) is -3.79. The number of hydrogen-bond acceptors (Lipinski definition) is 6. The third kappa shape index (κ3) is 4.59. The molecule has 1 fully saturated rings. The van der Waals surface area contributed by atoms with Crippen molar-refractivity contribution in [2.45, 2.75) is 49.7 Å². The van der Waals surface area contributed by atoms with Gasteiger partial charge in [0.1, 0.15) is 11.0 Å². The number of aromatic nitrogens is 2. The molecule has 1 aromatic carbocycles. The lowest BCUT2D eigenvalue weighted by Crippen LogP contribution is -2.43. The Kier molecular flexibility index (Phi) is 5.97. The molecule has 1 atom stereocenters. The van der Waals surface area contributed by atoms with Crippen LogP contribution in [0.25, 0.3) is 0 Å². The second kappa shape index (κ2) is 8.00. The SMILES string of the molecule is CC(C)c1nnc(NC(=O)[C@H]2CCCN2S(=O)(=O)c2ccc(C(F)(F)F)cc2)s1. The Morgan fingerprint density at radius 2 is 1.90 bits per heavy atom. The normalized spacial score (nSPS) is 18.3. The van der Waals surface area contributed by atoms with E-state index in [1.807, 2.05) is 13.8 Å². The number of halogens is 3. The third-order valence-corrected chi connectivity index (χ3v) is 7.52. The molecule has 0 spiro atoms. The van der Waals surface area contributed by atoms with Gasteiger partial charge in [-0.2, -0.15) is 17.5 Å². The second-order valence-corrected chi connectivity index (χ2v) is 9.78. The van der Waals surface area contributed by atoms with Gasteiger partial charge in [-0.25, -0.2) is 8.42 Å². The van der Waals surface area contributed by atoms with Gasteiger partial charge in [-0.3, -0.25) is 10.1 Å². The van der Waals surface area contributed by atoms with E-state index in [-0.39, 0.29) is 22.5 Å². The van der Waals surface area contributed by atoms with Gasteiger partial charge in [0.2, 0.25) is 21.1 Å². The molecule has 12 heteroatoms. The Morgan fingerprint density at radius 3 is 2.45 bits per heavy atom. The Labute approximate surface area is 170 Å². The van der Waals surface area contributed by atoms with Crippen molar-refractivity contribution in [3.8, 4) is 0 Å². The summed E-state index contributed by atoms with van der Waals surface area (Å²) in [5.74, 6) is -0.398. The zero-order valence-corrected chi connectivity index (χ0v) is 17.2. The summed E-state index contributed by atoms with van der Waals surface area (Å²) in [5.41, 5.74) is -0.940. The molecule has 1 aromatic heterocycles. The summed E-state index contributed by atoms with van der Waals surface area (Å²) in [5, 5.41) is 11.5. The fraction of sp³-hybridized carbons (Fsp3) is 0.471. The topological polar surface area (TPSA) is 92.3 Å². The van der Waals surface area contributed by atoms with Crippen molar-refractivity contribution in [3.05, 3.63) is 34.8 Å². The van der Waals surface area contributed by atoms with Crippen molar-refractivity contribution in [1.29, 1.82) is 0 Å². The maximum Gasteiger partial charge on any atom is 0.416 e. The monoisotopic (exact) mass is 448 g/mol. The lowest BCUT2D eigenvalue weighted by Gasteiger charge is -2.23. The summed E-state index contributed by atoms with van der Waals surface area (Å²) in [6.45, 7) is 3.97. The van der Waals surface area contributed by atoms with Gasteiger partial charge in [0.25, 0.3) is 0 Å². The van der Waals surface area contributed by atoms with Crippen molar-refractivity contribution in [2.24, 2.45) is 0 Å². The van der Waals surface area contributed by atoms with E-state index in [1.165, 1.54) is 11.3 Å². The average molecular weight is 448 g/mol. The standard InChI is InChI=1S/C17H19F3N4O3S2/c1-10(2)15-22-23-16(28-15)21-14(25)13-4-3-9-24(13)29(26,27)12-7-5-11(6-8-12)17(18,19)20/h5-8,10,13H,3-4,9H2,1-2H3,(H,21,23,25)/t13-/m1/s1. The van der Waals surface area contributed by atoms with Crippen LogP contribution in [0.5, 0.6) is 0 Å². The first kappa shape index (κ1) is 21.7. The van der Waals surface area contributed by atoms with Gasteiger partial charge >= 0.3 is 6.18 Å². The number of rotatable bonds is 5. The minimum atomic E-state index is -4.56. The van der Waals surface area contributed by atoms with Gasteiger partial charge in [0, 0.05) is 12.5 Å². The minimum absolute atomic E-state index is 0.106. The molecule has 1 amide bonds. The molecule has 1 saturated heterocycles. The molecule has 1 aliphatic heterocycles. The summed E-state index contributed by atoms with van der Waals surface area (Å²) < 4.78 is 65.0. The molecule has 0 unspecified atom stereocenters. The summed E-state index contributed by atoms with van der Waals surface area (Å²) in [7, 11) is -4.12. The lowest BCUT2D eigenvalue weighted by molar-refractivity contribution is -0.137. The predicted molar refractivity (Wildman–Crippen MR) is 101 cm³/mol. The number of alkyl halides is 3. The molecule has 2 aromatic rings. The first-order valence-corrected chi connectivity index (χ1v) is 11.1. The molecular formula is C17H19F3N4O3S2. The summed E-state index contributed by atoms with van der Waals surface area (Å²) >= 11 is 1.21. The van der Waals surface area contributed by atoms with Crippen LogP contribution in [-0.2, 0) is 21.0 Å². The van der Waals surface area contributed by atoms with E-state index in [0.29, 0.717) is 25.0 Å². The predicted octanol–water partition coefficient (Wildman–Crippen LogP) is 3.47. The molecule has 1 N–H and O–H groups in total. The molecule has 2 heterocycles. The molecule has 0 bridgehead atoms. The maximum absolute atomic E-state index is 12.9. The maximum atomic E-state index is 12.9. The van der Waals surface area contributed by atoms with Gasteiger partial charge in [-0.1, -0.05) is 25.2 Å². The quantitative estimate of drug-likeness (QED) is 0.756. The highest BCUT2D eigenvalue weighted by Crippen LogP contribution is 2.32. The van der Waals surface area contributed by atoms with Crippen LogP contribution in [0.3, 0.4) is 0 Å². The van der Waals surface area contributed by atoms with Crippen LogP contribution in [-0.4, -0.2) is 41.4 Å². The van der Waals surface area contributed by atoms with Gasteiger partial charge in [0.05, 0.1) is 10.5 Å². The number of hydrogen-bond donors (Lipinski definition) is 1. The molecular weight excluding hydrogens is 429 g/mol. The Bertz CT molecular complexity index is 988. The number of nitrogens with one attached hydrogen (secondary N) is 1. The smallest absolute Gasteiger partial charge is 0.299 e. The minimum Gasteiger partial charge on any atom is -0.299 e. The van der Waals surface area contributed by atoms with Gasteiger partial charge in [-0.15, -0.1) is 10.2 Å². The van der Waals surface area contributed by atoms with Crippen LogP contribution in [0, 0.1) is 0 Å². The number of sulfonamides is 1. The highest BCUT2D eigenvalue weighted by molar-refractivity contribution is 7.89. The van der Waals surface area contributed by atoms with E-state index in [1.54, 1.807) is 0 Å². The van der Waals surface area contributed by atoms with E-state index < -0.39 is 33.7 Å². The summed E-state index contributed by atoms with van der Waals surface area (Å²) in [4.78, 5) is 12.4.